The molecule has 108 valence electrons. The van der Waals surface area contributed by atoms with Gasteiger partial charge in [-0.2, -0.15) is 10.1 Å². The summed E-state index contributed by atoms with van der Waals surface area (Å²) in [5, 5.41) is 10.9. The average molecular weight is 274 g/mol. The van der Waals surface area contributed by atoms with Crippen molar-refractivity contribution in [3.8, 4) is 0 Å². The highest BCUT2D eigenvalue weighted by Gasteiger charge is 2.01. The fraction of sp³-hybridized carbons (Fsp3) is 0.500. The molecule has 0 aliphatic heterocycles. The minimum atomic E-state index is 0.663. The van der Waals surface area contributed by atoms with Gasteiger partial charge in [0.05, 0.1) is 5.69 Å². The molecule has 6 heteroatoms. The molecule has 0 bridgehead atoms. The highest BCUT2D eigenvalue weighted by molar-refractivity contribution is 5.39. The van der Waals surface area contributed by atoms with Crippen LogP contribution in [0.3, 0.4) is 0 Å². The maximum absolute atomic E-state index is 4.45. The monoisotopic (exact) mass is 274 g/mol. The molecule has 2 rings (SSSR count). The SMILES string of the molecule is CCNc1nccc(NCCCn2nc(C)cc2C)n1. The van der Waals surface area contributed by atoms with Crippen LogP contribution in [0.1, 0.15) is 24.7 Å². The van der Waals surface area contributed by atoms with Gasteiger partial charge in [-0.25, -0.2) is 4.98 Å². The highest BCUT2D eigenvalue weighted by atomic mass is 15.3. The van der Waals surface area contributed by atoms with Crippen LogP contribution in [0.5, 0.6) is 0 Å². The second-order valence-electron chi connectivity index (χ2n) is 4.73. The van der Waals surface area contributed by atoms with Gasteiger partial charge in [-0.3, -0.25) is 4.68 Å². The maximum Gasteiger partial charge on any atom is 0.224 e. The topological polar surface area (TPSA) is 67.7 Å². The summed E-state index contributed by atoms with van der Waals surface area (Å²) in [5.74, 6) is 1.51. The van der Waals surface area contributed by atoms with Crippen LogP contribution in [-0.2, 0) is 6.54 Å². The molecule has 2 aromatic rings. The quantitative estimate of drug-likeness (QED) is 0.758. The van der Waals surface area contributed by atoms with E-state index in [2.05, 4.69) is 38.7 Å². The smallest absolute Gasteiger partial charge is 0.224 e. The van der Waals surface area contributed by atoms with E-state index in [1.54, 1.807) is 6.20 Å². The number of hydrogen-bond acceptors (Lipinski definition) is 5. The van der Waals surface area contributed by atoms with Gasteiger partial charge in [0.1, 0.15) is 5.82 Å². The molecule has 0 amide bonds. The first kappa shape index (κ1) is 14.3. The maximum atomic E-state index is 4.45. The molecule has 0 saturated heterocycles. The van der Waals surface area contributed by atoms with Crippen molar-refractivity contribution >= 4 is 11.8 Å². The molecule has 20 heavy (non-hydrogen) atoms. The largest absolute Gasteiger partial charge is 0.370 e. The van der Waals surface area contributed by atoms with E-state index in [4.69, 9.17) is 0 Å². The zero-order valence-corrected chi connectivity index (χ0v) is 12.3. The second-order valence-corrected chi connectivity index (χ2v) is 4.73. The Morgan fingerprint density at radius 2 is 2.10 bits per heavy atom. The van der Waals surface area contributed by atoms with Crippen LogP contribution >= 0.6 is 0 Å². The lowest BCUT2D eigenvalue weighted by molar-refractivity contribution is 0.573. The minimum absolute atomic E-state index is 0.663. The predicted molar refractivity (Wildman–Crippen MR) is 81.0 cm³/mol. The fourth-order valence-electron chi connectivity index (χ4n) is 2.05. The number of rotatable bonds is 7. The average Bonchev–Trinajstić information content (AvgIpc) is 2.74. The fourth-order valence-corrected chi connectivity index (χ4v) is 2.05. The van der Waals surface area contributed by atoms with Crippen molar-refractivity contribution in [2.45, 2.75) is 33.7 Å². The molecule has 0 fully saturated rings. The molecule has 0 aliphatic carbocycles. The van der Waals surface area contributed by atoms with Gasteiger partial charge in [0.15, 0.2) is 0 Å². The number of nitrogens with zero attached hydrogens (tertiary/aromatic N) is 4. The lowest BCUT2D eigenvalue weighted by Gasteiger charge is -2.08. The Morgan fingerprint density at radius 1 is 1.25 bits per heavy atom. The van der Waals surface area contributed by atoms with Gasteiger partial charge < -0.3 is 10.6 Å². The number of aryl methyl sites for hydroxylation is 3. The standard InChI is InChI=1S/C14H22N6/c1-4-15-14-17-8-6-13(18-14)16-7-5-9-20-12(3)10-11(2)19-20/h6,8,10H,4-5,7,9H2,1-3H3,(H2,15,16,17,18). The third kappa shape index (κ3) is 3.94. The third-order valence-electron chi connectivity index (χ3n) is 2.95. The van der Waals surface area contributed by atoms with Gasteiger partial charge in [0.2, 0.25) is 5.95 Å². The third-order valence-corrected chi connectivity index (χ3v) is 2.95. The molecule has 2 aromatic heterocycles. The highest BCUT2D eigenvalue weighted by Crippen LogP contribution is 2.06. The molecule has 6 nitrogen and oxygen atoms in total. The Hall–Kier alpha value is -2.11. The van der Waals surface area contributed by atoms with Crippen LogP contribution in [0, 0.1) is 13.8 Å². The number of hydrogen-bond donors (Lipinski definition) is 2. The van der Waals surface area contributed by atoms with Gasteiger partial charge in [0, 0.05) is 31.5 Å². The van der Waals surface area contributed by atoms with E-state index in [0.29, 0.717) is 5.95 Å². The molecule has 0 spiro atoms. The Labute approximate surface area is 119 Å². The first-order valence-electron chi connectivity index (χ1n) is 7.01. The summed E-state index contributed by atoms with van der Waals surface area (Å²) in [4.78, 5) is 8.52. The van der Waals surface area contributed by atoms with Crippen molar-refractivity contribution in [2.75, 3.05) is 23.7 Å². The molecule has 0 aliphatic rings. The van der Waals surface area contributed by atoms with Crippen LogP contribution in [0.2, 0.25) is 0 Å². The van der Waals surface area contributed by atoms with Gasteiger partial charge in [0.25, 0.3) is 0 Å². The summed E-state index contributed by atoms with van der Waals surface area (Å²) >= 11 is 0. The number of anilines is 2. The zero-order valence-electron chi connectivity index (χ0n) is 12.3. The molecular formula is C14H22N6. The molecule has 0 radical (unpaired) electrons. The Morgan fingerprint density at radius 3 is 2.80 bits per heavy atom. The Bertz CT molecular complexity index is 548. The minimum Gasteiger partial charge on any atom is -0.370 e. The molecular weight excluding hydrogens is 252 g/mol. The Balaban J connectivity index is 1.78. The van der Waals surface area contributed by atoms with Crippen LogP contribution in [0.4, 0.5) is 11.8 Å². The predicted octanol–water partition coefficient (Wildman–Crippen LogP) is 2.22. The van der Waals surface area contributed by atoms with E-state index < -0.39 is 0 Å². The van der Waals surface area contributed by atoms with Gasteiger partial charge in [-0.15, -0.1) is 0 Å². The molecule has 2 N–H and O–H groups in total. The number of aromatic nitrogens is 4. The van der Waals surface area contributed by atoms with Crippen LogP contribution in [0.15, 0.2) is 18.3 Å². The van der Waals surface area contributed by atoms with Crippen LogP contribution < -0.4 is 10.6 Å². The zero-order chi connectivity index (χ0) is 14.4. The van der Waals surface area contributed by atoms with E-state index >= 15 is 0 Å². The van der Waals surface area contributed by atoms with E-state index in [-0.39, 0.29) is 0 Å². The first-order chi connectivity index (χ1) is 9.69. The van der Waals surface area contributed by atoms with Crippen molar-refractivity contribution in [1.29, 1.82) is 0 Å². The molecule has 0 saturated carbocycles. The molecule has 0 aromatic carbocycles. The summed E-state index contributed by atoms with van der Waals surface area (Å²) in [6, 6.07) is 3.98. The van der Waals surface area contributed by atoms with Gasteiger partial charge in [-0.1, -0.05) is 0 Å². The van der Waals surface area contributed by atoms with E-state index in [9.17, 15) is 0 Å². The first-order valence-corrected chi connectivity index (χ1v) is 7.01. The number of nitrogens with one attached hydrogen (secondary N) is 2. The van der Waals surface area contributed by atoms with Crippen molar-refractivity contribution in [3.63, 3.8) is 0 Å². The summed E-state index contributed by atoms with van der Waals surface area (Å²) in [5.41, 5.74) is 2.28. The van der Waals surface area contributed by atoms with Crippen molar-refractivity contribution in [2.24, 2.45) is 0 Å². The van der Waals surface area contributed by atoms with Crippen molar-refractivity contribution in [3.05, 3.63) is 29.7 Å². The summed E-state index contributed by atoms with van der Waals surface area (Å²) < 4.78 is 2.04. The lowest BCUT2D eigenvalue weighted by atomic mass is 10.4. The summed E-state index contributed by atoms with van der Waals surface area (Å²) in [7, 11) is 0. The molecule has 2 heterocycles. The van der Waals surface area contributed by atoms with Gasteiger partial charge in [-0.05, 0) is 39.3 Å². The van der Waals surface area contributed by atoms with Crippen LogP contribution in [-0.4, -0.2) is 32.8 Å². The molecule has 0 atom stereocenters. The summed E-state index contributed by atoms with van der Waals surface area (Å²) in [6.45, 7) is 8.73. The van der Waals surface area contributed by atoms with Crippen molar-refractivity contribution in [1.82, 2.24) is 19.7 Å². The lowest BCUT2D eigenvalue weighted by Crippen LogP contribution is -2.10. The normalized spacial score (nSPS) is 10.6. The second kappa shape index (κ2) is 6.88. The van der Waals surface area contributed by atoms with E-state index in [1.165, 1.54) is 5.69 Å². The summed E-state index contributed by atoms with van der Waals surface area (Å²) in [6.07, 6.45) is 2.76. The van der Waals surface area contributed by atoms with Crippen LogP contribution in [0.25, 0.3) is 0 Å². The van der Waals surface area contributed by atoms with Gasteiger partial charge >= 0.3 is 0 Å². The molecule has 0 unspecified atom stereocenters. The Kier molecular flexibility index (Phi) is 4.92. The van der Waals surface area contributed by atoms with E-state index in [1.807, 2.05) is 24.6 Å². The van der Waals surface area contributed by atoms with E-state index in [0.717, 1.165) is 37.6 Å². The van der Waals surface area contributed by atoms with Crippen molar-refractivity contribution < 1.29 is 0 Å².